The minimum Gasteiger partial charge on any atom is -0.310 e. The van der Waals surface area contributed by atoms with Gasteiger partial charge in [-0.2, -0.15) is 5.10 Å². The molecule has 0 spiro atoms. The second-order valence-corrected chi connectivity index (χ2v) is 6.09. The van der Waals surface area contributed by atoms with E-state index in [9.17, 15) is 0 Å². The molecular weight excluding hydrogens is 248 g/mol. The van der Waals surface area contributed by atoms with Gasteiger partial charge in [-0.1, -0.05) is 52.0 Å². The Morgan fingerprint density at radius 2 is 1.85 bits per heavy atom. The van der Waals surface area contributed by atoms with Gasteiger partial charge in [0.2, 0.25) is 0 Å². The highest BCUT2D eigenvalue weighted by Crippen LogP contribution is 2.22. The summed E-state index contributed by atoms with van der Waals surface area (Å²) in [4.78, 5) is 4.30. The first kappa shape index (κ1) is 14.7. The van der Waals surface area contributed by atoms with Crippen molar-refractivity contribution in [3.05, 3.63) is 47.5 Å². The lowest BCUT2D eigenvalue weighted by Crippen LogP contribution is -2.13. The average molecular weight is 272 g/mol. The van der Waals surface area contributed by atoms with Gasteiger partial charge in [0.05, 0.1) is 13.1 Å². The van der Waals surface area contributed by atoms with E-state index >= 15 is 0 Å². The van der Waals surface area contributed by atoms with E-state index < -0.39 is 0 Å². The molecule has 0 fully saturated rings. The summed E-state index contributed by atoms with van der Waals surface area (Å²) in [5.41, 5.74) is 2.80. The predicted molar refractivity (Wildman–Crippen MR) is 81.6 cm³/mol. The van der Waals surface area contributed by atoms with Crippen LogP contribution in [-0.2, 0) is 18.5 Å². The zero-order chi connectivity index (χ0) is 14.6. The SMILES string of the molecule is CCNCc1ncn(Cc2ccc(C(C)(C)C)cc2)n1. The molecule has 0 radical (unpaired) electrons. The lowest BCUT2D eigenvalue weighted by molar-refractivity contribution is 0.589. The lowest BCUT2D eigenvalue weighted by atomic mass is 9.87. The van der Waals surface area contributed by atoms with Crippen molar-refractivity contribution in [2.24, 2.45) is 0 Å². The molecule has 2 aromatic rings. The van der Waals surface area contributed by atoms with E-state index in [0.717, 1.165) is 25.5 Å². The summed E-state index contributed by atoms with van der Waals surface area (Å²) in [5.74, 6) is 0.846. The third-order valence-corrected chi connectivity index (χ3v) is 3.28. The van der Waals surface area contributed by atoms with Crippen LogP contribution in [0.5, 0.6) is 0 Å². The molecule has 1 heterocycles. The van der Waals surface area contributed by atoms with Gasteiger partial charge in [-0.15, -0.1) is 0 Å². The Balaban J connectivity index is 2.01. The van der Waals surface area contributed by atoms with Crippen molar-refractivity contribution in [2.45, 2.75) is 46.2 Å². The van der Waals surface area contributed by atoms with E-state index in [-0.39, 0.29) is 5.41 Å². The largest absolute Gasteiger partial charge is 0.310 e. The topological polar surface area (TPSA) is 42.7 Å². The zero-order valence-electron chi connectivity index (χ0n) is 12.8. The van der Waals surface area contributed by atoms with Crippen LogP contribution in [0.25, 0.3) is 0 Å². The van der Waals surface area contributed by atoms with Crippen molar-refractivity contribution in [1.29, 1.82) is 0 Å². The molecule has 0 aliphatic rings. The van der Waals surface area contributed by atoms with Crippen LogP contribution < -0.4 is 5.32 Å². The van der Waals surface area contributed by atoms with Gasteiger partial charge in [0.25, 0.3) is 0 Å². The number of hydrogen-bond acceptors (Lipinski definition) is 3. The molecule has 0 bridgehead atoms. The third-order valence-electron chi connectivity index (χ3n) is 3.28. The maximum absolute atomic E-state index is 4.46. The summed E-state index contributed by atoms with van der Waals surface area (Å²) >= 11 is 0. The fourth-order valence-electron chi connectivity index (χ4n) is 2.02. The van der Waals surface area contributed by atoms with Gasteiger partial charge in [-0.25, -0.2) is 9.67 Å². The standard InChI is InChI=1S/C16H24N4/c1-5-17-10-15-18-12-20(19-15)11-13-6-8-14(9-7-13)16(2,3)4/h6-9,12,17H,5,10-11H2,1-4H3. The van der Waals surface area contributed by atoms with Crippen molar-refractivity contribution in [1.82, 2.24) is 20.1 Å². The summed E-state index contributed by atoms with van der Waals surface area (Å²) in [6.45, 7) is 11.2. The van der Waals surface area contributed by atoms with Gasteiger partial charge in [-0.3, -0.25) is 0 Å². The van der Waals surface area contributed by atoms with E-state index in [1.165, 1.54) is 11.1 Å². The van der Waals surface area contributed by atoms with E-state index in [1.807, 2.05) is 4.68 Å². The molecule has 1 aromatic heterocycles. The average Bonchev–Trinajstić information content (AvgIpc) is 2.83. The van der Waals surface area contributed by atoms with E-state index in [1.54, 1.807) is 6.33 Å². The molecule has 1 aromatic carbocycles. The first-order chi connectivity index (χ1) is 9.49. The lowest BCUT2D eigenvalue weighted by Gasteiger charge is -2.19. The molecule has 0 saturated carbocycles. The molecule has 0 unspecified atom stereocenters. The van der Waals surface area contributed by atoms with Crippen LogP contribution in [0.3, 0.4) is 0 Å². The molecular formula is C16H24N4. The number of rotatable bonds is 5. The minimum absolute atomic E-state index is 0.199. The Labute approximate surface area is 121 Å². The monoisotopic (exact) mass is 272 g/mol. The summed E-state index contributed by atoms with van der Waals surface area (Å²) in [5, 5.41) is 7.68. The van der Waals surface area contributed by atoms with Gasteiger partial charge < -0.3 is 5.32 Å². The van der Waals surface area contributed by atoms with Crippen LogP contribution in [0.2, 0.25) is 0 Å². The Morgan fingerprint density at radius 3 is 2.45 bits per heavy atom. The van der Waals surface area contributed by atoms with Crippen molar-refractivity contribution < 1.29 is 0 Å². The molecule has 0 aliphatic heterocycles. The minimum atomic E-state index is 0.199. The van der Waals surface area contributed by atoms with Crippen LogP contribution in [0, 0.1) is 0 Å². The Hall–Kier alpha value is -1.68. The van der Waals surface area contributed by atoms with Crippen molar-refractivity contribution in [3.63, 3.8) is 0 Å². The van der Waals surface area contributed by atoms with Crippen molar-refractivity contribution in [3.8, 4) is 0 Å². The van der Waals surface area contributed by atoms with Gasteiger partial charge in [0.1, 0.15) is 6.33 Å². The second kappa shape index (κ2) is 6.18. The summed E-state index contributed by atoms with van der Waals surface area (Å²) in [7, 11) is 0. The maximum Gasteiger partial charge on any atom is 0.164 e. The number of nitrogens with one attached hydrogen (secondary N) is 1. The quantitative estimate of drug-likeness (QED) is 0.910. The predicted octanol–water partition coefficient (Wildman–Crippen LogP) is 2.73. The Kier molecular flexibility index (Phi) is 4.55. The smallest absolute Gasteiger partial charge is 0.164 e. The van der Waals surface area contributed by atoms with Crippen LogP contribution in [-0.4, -0.2) is 21.3 Å². The first-order valence-corrected chi connectivity index (χ1v) is 7.17. The van der Waals surface area contributed by atoms with E-state index in [2.05, 4.69) is 67.4 Å². The molecule has 4 heteroatoms. The fraction of sp³-hybridized carbons (Fsp3) is 0.500. The summed E-state index contributed by atoms with van der Waals surface area (Å²) in [6.07, 6.45) is 1.80. The van der Waals surface area contributed by atoms with Gasteiger partial charge in [-0.05, 0) is 23.1 Å². The van der Waals surface area contributed by atoms with Crippen molar-refractivity contribution >= 4 is 0 Å². The summed E-state index contributed by atoms with van der Waals surface area (Å²) in [6, 6.07) is 8.75. The normalized spacial score (nSPS) is 11.8. The number of benzene rings is 1. The van der Waals surface area contributed by atoms with Crippen LogP contribution in [0.15, 0.2) is 30.6 Å². The summed E-state index contributed by atoms with van der Waals surface area (Å²) < 4.78 is 1.89. The van der Waals surface area contributed by atoms with Crippen LogP contribution in [0.4, 0.5) is 0 Å². The zero-order valence-corrected chi connectivity index (χ0v) is 12.8. The highest BCUT2D eigenvalue weighted by molar-refractivity contribution is 5.27. The van der Waals surface area contributed by atoms with Gasteiger partial charge in [0, 0.05) is 0 Å². The number of nitrogens with zero attached hydrogens (tertiary/aromatic N) is 3. The number of aromatic nitrogens is 3. The fourth-order valence-corrected chi connectivity index (χ4v) is 2.02. The first-order valence-electron chi connectivity index (χ1n) is 7.17. The number of hydrogen-bond donors (Lipinski definition) is 1. The third kappa shape index (κ3) is 3.90. The maximum atomic E-state index is 4.46. The molecule has 0 amide bonds. The van der Waals surface area contributed by atoms with Crippen molar-refractivity contribution in [2.75, 3.05) is 6.54 Å². The van der Waals surface area contributed by atoms with E-state index in [0.29, 0.717) is 0 Å². The molecule has 2 rings (SSSR count). The van der Waals surface area contributed by atoms with Crippen LogP contribution >= 0.6 is 0 Å². The van der Waals surface area contributed by atoms with Gasteiger partial charge >= 0.3 is 0 Å². The molecule has 20 heavy (non-hydrogen) atoms. The molecule has 0 atom stereocenters. The molecule has 0 saturated heterocycles. The Morgan fingerprint density at radius 1 is 1.15 bits per heavy atom. The molecule has 1 N–H and O–H groups in total. The highest BCUT2D eigenvalue weighted by atomic mass is 15.3. The molecule has 0 aliphatic carbocycles. The molecule has 4 nitrogen and oxygen atoms in total. The highest BCUT2D eigenvalue weighted by Gasteiger charge is 2.12. The van der Waals surface area contributed by atoms with Crippen LogP contribution in [0.1, 0.15) is 44.6 Å². The van der Waals surface area contributed by atoms with E-state index in [4.69, 9.17) is 0 Å². The van der Waals surface area contributed by atoms with Gasteiger partial charge in [0.15, 0.2) is 5.82 Å². The second-order valence-electron chi connectivity index (χ2n) is 6.09. The Bertz CT molecular complexity index is 534. The molecule has 108 valence electrons.